The summed E-state index contributed by atoms with van der Waals surface area (Å²) >= 11 is 12.6. The second kappa shape index (κ2) is 11.6. The van der Waals surface area contributed by atoms with E-state index >= 15 is 0 Å². The summed E-state index contributed by atoms with van der Waals surface area (Å²) in [6.45, 7) is 3.08. The zero-order chi connectivity index (χ0) is 24.0. The van der Waals surface area contributed by atoms with Crippen LogP contribution in [0.25, 0.3) is 10.4 Å². The van der Waals surface area contributed by atoms with E-state index in [1.807, 2.05) is 0 Å². The Bertz CT molecular complexity index is 924. The first-order valence-electron chi connectivity index (χ1n) is 9.02. The molecule has 1 aromatic rings. The summed E-state index contributed by atoms with van der Waals surface area (Å²) in [4.78, 5) is 37.8. The van der Waals surface area contributed by atoms with Crippen LogP contribution in [0, 0.1) is 5.82 Å². The zero-order valence-electron chi connectivity index (χ0n) is 17.0. The molecule has 0 aromatic heterocycles. The minimum atomic E-state index is -1.23. The van der Waals surface area contributed by atoms with Gasteiger partial charge in [0, 0.05) is 30.6 Å². The molecule has 0 amide bonds. The zero-order valence-corrected chi connectivity index (χ0v) is 19.3. The molecule has 1 fully saturated rings. The fourth-order valence-electron chi connectivity index (χ4n) is 2.90. The molecule has 10 nitrogen and oxygen atoms in total. The van der Waals surface area contributed by atoms with E-state index in [0.29, 0.717) is 4.90 Å². The number of hydrogen-bond donors (Lipinski definition) is 0. The summed E-state index contributed by atoms with van der Waals surface area (Å²) < 4.78 is 35.3. The van der Waals surface area contributed by atoms with Crippen molar-refractivity contribution in [2.75, 3.05) is 6.61 Å². The van der Waals surface area contributed by atoms with Gasteiger partial charge in [-0.15, -0.1) is 0 Å². The van der Waals surface area contributed by atoms with Crippen LogP contribution >= 0.6 is 35.0 Å². The number of nitrogens with zero attached hydrogens (tertiary/aromatic N) is 3. The van der Waals surface area contributed by atoms with Crippen LogP contribution in [0.2, 0.25) is 10.0 Å². The summed E-state index contributed by atoms with van der Waals surface area (Å²) in [5.41, 5.74) is 8.02. The van der Waals surface area contributed by atoms with Gasteiger partial charge >= 0.3 is 17.9 Å². The molecule has 32 heavy (non-hydrogen) atoms. The number of esters is 3. The third-order valence-corrected chi connectivity index (χ3v) is 5.74. The van der Waals surface area contributed by atoms with Crippen LogP contribution in [0.4, 0.5) is 4.39 Å². The lowest BCUT2D eigenvalue weighted by Crippen LogP contribution is -2.59. The van der Waals surface area contributed by atoms with E-state index in [0.717, 1.165) is 25.6 Å². The Morgan fingerprint density at radius 1 is 1.12 bits per heavy atom. The van der Waals surface area contributed by atoms with Gasteiger partial charge in [-0.3, -0.25) is 14.4 Å². The van der Waals surface area contributed by atoms with E-state index in [2.05, 4.69) is 10.0 Å². The quantitative estimate of drug-likeness (QED) is 0.134. The predicted molar refractivity (Wildman–Crippen MR) is 112 cm³/mol. The van der Waals surface area contributed by atoms with Crippen molar-refractivity contribution >= 4 is 52.9 Å². The van der Waals surface area contributed by atoms with E-state index in [9.17, 15) is 18.8 Å². The Kier molecular flexibility index (Phi) is 9.41. The number of carbonyl (C=O) groups is 3. The first-order chi connectivity index (χ1) is 15.0. The molecule has 0 N–H and O–H groups in total. The Morgan fingerprint density at radius 3 is 2.19 bits per heavy atom. The third-order valence-electron chi connectivity index (χ3n) is 4.07. The van der Waals surface area contributed by atoms with Crippen molar-refractivity contribution in [2.45, 2.75) is 55.5 Å². The molecule has 1 heterocycles. The van der Waals surface area contributed by atoms with Gasteiger partial charge < -0.3 is 18.9 Å². The lowest BCUT2D eigenvalue weighted by atomic mass is 9.97. The molecule has 0 unspecified atom stereocenters. The lowest BCUT2D eigenvalue weighted by Gasteiger charge is -2.43. The summed E-state index contributed by atoms with van der Waals surface area (Å²) in [5, 5.41) is 3.15. The average molecular weight is 510 g/mol. The average Bonchev–Trinajstić information content (AvgIpc) is 2.68. The molecule has 5 atom stereocenters. The van der Waals surface area contributed by atoms with Crippen LogP contribution in [-0.4, -0.2) is 54.3 Å². The summed E-state index contributed by atoms with van der Waals surface area (Å²) in [6, 6.07) is 1.33. The van der Waals surface area contributed by atoms with Crippen molar-refractivity contribution < 1.29 is 37.7 Å². The Labute approximate surface area is 196 Å². The molecule has 0 aliphatic carbocycles. The number of benzene rings is 1. The molecule has 0 bridgehead atoms. The summed E-state index contributed by atoms with van der Waals surface area (Å²) in [7, 11) is 0. The highest BCUT2D eigenvalue weighted by Crippen LogP contribution is 2.39. The molecule has 1 aliphatic heterocycles. The van der Waals surface area contributed by atoms with E-state index < -0.39 is 53.5 Å². The molecular formula is C18H18Cl2FN3O7S. The largest absolute Gasteiger partial charge is 0.463 e. The highest BCUT2D eigenvalue weighted by molar-refractivity contribution is 7.99. The molecule has 174 valence electrons. The minimum Gasteiger partial charge on any atom is -0.463 e. The second-order valence-electron chi connectivity index (χ2n) is 6.51. The molecular weight excluding hydrogens is 492 g/mol. The SMILES string of the molecule is CC(=O)OC[C@H]1O[C@H](Sc2cc(Cl)c(F)c(Cl)c2)[C@H](OC(C)=O)[C@@H](N=[N+]=[N-])[C@H]1OC(C)=O. The molecule has 1 aromatic carbocycles. The molecule has 0 radical (unpaired) electrons. The highest BCUT2D eigenvalue weighted by atomic mass is 35.5. The molecule has 14 heteroatoms. The monoisotopic (exact) mass is 509 g/mol. The van der Waals surface area contributed by atoms with E-state index in [-0.39, 0.29) is 16.7 Å². The molecule has 0 saturated carbocycles. The van der Waals surface area contributed by atoms with Gasteiger partial charge in [-0.1, -0.05) is 40.1 Å². The van der Waals surface area contributed by atoms with Crippen LogP contribution in [-0.2, 0) is 33.3 Å². The van der Waals surface area contributed by atoms with Gasteiger partial charge in [0.15, 0.2) is 5.82 Å². The van der Waals surface area contributed by atoms with Crippen molar-refractivity contribution in [3.05, 3.63) is 38.4 Å². The van der Waals surface area contributed by atoms with Gasteiger partial charge in [0.05, 0.1) is 10.0 Å². The topological polar surface area (TPSA) is 137 Å². The number of thioether (sulfide) groups is 1. The second-order valence-corrected chi connectivity index (χ2v) is 8.49. The van der Waals surface area contributed by atoms with Gasteiger partial charge in [0.1, 0.15) is 36.4 Å². The van der Waals surface area contributed by atoms with Crippen molar-refractivity contribution in [1.82, 2.24) is 0 Å². The van der Waals surface area contributed by atoms with Gasteiger partial charge in [-0.25, -0.2) is 4.39 Å². The number of azide groups is 1. The van der Waals surface area contributed by atoms with Gasteiger partial charge in [0.25, 0.3) is 0 Å². The maximum absolute atomic E-state index is 13.8. The van der Waals surface area contributed by atoms with Crippen molar-refractivity contribution in [3.8, 4) is 0 Å². The lowest BCUT2D eigenvalue weighted by molar-refractivity contribution is -0.201. The maximum Gasteiger partial charge on any atom is 0.303 e. The van der Waals surface area contributed by atoms with Gasteiger partial charge in [-0.05, 0) is 17.7 Å². The Morgan fingerprint density at radius 2 is 1.69 bits per heavy atom. The van der Waals surface area contributed by atoms with Crippen molar-refractivity contribution in [2.24, 2.45) is 5.11 Å². The fraction of sp³-hybridized carbons (Fsp3) is 0.500. The standard InChI is InChI=1S/C18H18Cl2FN3O7S/c1-7(25)28-6-13-16(29-8(2)26)15(23-24-22)17(30-9(3)27)18(31-13)32-10-4-11(19)14(21)12(20)5-10/h4-5,13,15-18H,6H2,1-3H3/t13-,15+,16+,17-,18-/m1/s1. The predicted octanol–water partition coefficient (Wildman–Crippen LogP) is 4.05. The van der Waals surface area contributed by atoms with E-state index in [1.54, 1.807) is 0 Å². The van der Waals surface area contributed by atoms with Crippen molar-refractivity contribution in [1.29, 1.82) is 0 Å². The number of carbonyl (C=O) groups excluding carboxylic acids is 3. The molecule has 0 spiro atoms. The van der Waals surface area contributed by atoms with Crippen LogP contribution in [0.5, 0.6) is 0 Å². The van der Waals surface area contributed by atoms with E-state index in [4.69, 9.17) is 47.7 Å². The molecule has 1 saturated heterocycles. The molecule has 2 rings (SSSR count). The van der Waals surface area contributed by atoms with Gasteiger partial charge in [0.2, 0.25) is 0 Å². The third kappa shape index (κ3) is 6.88. The van der Waals surface area contributed by atoms with Crippen LogP contribution in [0.1, 0.15) is 20.8 Å². The van der Waals surface area contributed by atoms with Crippen LogP contribution in [0.3, 0.4) is 0 Å². The van der Waals surface area contributed by atoms with E-state index in [1.165, 1.54) is 19.1 Å². The fourth-order valence-corrected chi connectivity index (χ4v) is 4.71. The summed E-state index contributed by atoms with van der Waals surface area (Å²) in [6.07, 6.45) is -3.53. The van der Waals surface area contributed by atoms with Crippen LogP contribution < -0.4 is 0 Å². The van der Waals surface area contributed by atoms with Crippen LogP contribution in [0.15, 0.2) is 22.1 Å². The highest BCUT2D eigenvalue weighted by Gasteiger charge is 2.50. The van der Waals surface area contributed by atoms with Gasteiger partial charge in [-0.2, -0.15) is 0 Å². The molecule has 1 aliphatic rings. The summed E-state index contributed by atoms with van der Waals surface area (Å²) in [5.74, 6) is -2.89. The number of rotatable bonds is 7. The van der Waals surface area contributed by atoms with Crippen molar-refractivity contribution in [3.63, 3.8) is 0 Å². The number of hydrogen-bond acceptors (Lipinski definition) is 9. The number of ether oxygens (including phenoxy) is 4. The number of halogens is 3. The smallest absolute Gasteiger partial charge is 0.303 e. The first-order valence-corrected chi connectivity index (χ1v) is 10.7. The minimum absolute atomic E-state index is 0.249. The normalized spacial score (nSPS) is 24.8. The Hall–Kier alpha value is -2.24. The first kappa shape index (κ1) is 26.0. The Balaban J connectivity index is 2.48. The maximum atomic E-state index is 13.8.